The zero-order chi connectivity index (χ0) is 17.2. The van der Waals surface area contributed by atoms with Crippen molar-refractivity contribution in [3.05, 3.63) is 45.5 Å². The lowest BCUT2D eigenvalue weighted by molar-refractivity contribution is -0.132. The Balaban J connectivity index is 1.37. The molecule has 1 fully saturated rings. The van der Waals surface area contributed by atoms with Crippen LogP contribution >= 0.6 is 0 Å². The Bertz CT molecular complexity index is 802. The van der Waals surface area contributed by atoms with Gasteiger partial charge >= 0.3 is 0 Å². The summed E-state index contributed by atoms with van der Waals surface area (Å²) in [6.07, 6.45) is 2.49. The number of aromatic nitrogens is 3. The number of hydrogen-bond acceptors (Lipinski definition) is 6. The molecule has 2 aromatic rings. The maximum atomic E-state index is 12.5. The van der Waals surface area contributed by atoms with Crippen LogP contribution in [0, 0.1) is 0 Å². The zero-order valence-electron chi connectivity index (χ0n) is 13.9. The first-order valence-corrected chi connectivity index (χ1v) is 8.57. The summed E-state index contributed by atoms with van der Waals surface area (Å²) in [6.45, 7) is 2.54. The summed E-state index contributed by atoms with van der Waals surface area (Å²) in [5.74, 6) is 1.94. The van der Waals surface area contributed by atoms with Crippen LogP contribution in [-0.2, 0) is 28.9 Å². The fourth-order valence-electron chi connectivity index (χ4n) is 3.24. The van der Waals surface area contributed by atoms with Crippen molar-refractivity contribution in [3.8, 4) is 0 Å². The number of amides is 1. The molecule has 4 rings (SSSR count). The molecule has 1 amide bonds. The average molecular weight is 344 g/mol. The lowest BCUT2D eigenvalue weighted by Crippen LogP contribution is -2.36. The van der Waals surface area contributed by atoms with Crippen molar-refractivity contribution in [2.75, 3.05) is 19.8 Å². The van der Waals surface area contributed by atoms with Gasteiger partial charge in [-0.1, -0.05) is 0 Å². The largest absolute Gasteiger partial charge is 0.445 e. The Labute approximate surface area is 144 Å². The normalized spacial score (nSPS) is 19.8. The molecule has 1 N–H and O–H groups in total. The molecular weight excluding hydrogens is 324 g/mol. The average Bonchev–Trinajstić information content (AvgIpc) is 3.29. The number of carbonyl (C=O) groups is 1. The van der Waals surface area contributed by atoms with Gasteiger partial charge in [0.15, 0.2) is 5.89 Å². The molecule has 0 radical (unpaired) electrons. The first-order valence-electron chi connectivity index (χ1n) is 8.57. The Hall–Kier alpha value is -2.48. The third kappa shape index (κ3) is 3.48. The van der Waals surface area contributed by atoms with Crippen LogP contribution in [0.25, 0.3) is 0 Å². The molecule has 2 aliphatic rings. The van der Waals surface area contributed by atoms with Gasteiger partial charge in [0.05, 0.1) is 24.8 Å². The molecule has 8 heteroatoms. The molecule has 0 bridgehead atoms. The van der Waals surface area contributed by atoms with Crippen LogP contribution in [0.2, 0.25) is 0 Å². The number of hydrogen-bond donors (Lipinski definition) is 1. The molecule has 1 atom stereocenters. The summed E-state index contributed by atoms with van der Waals surface area (Å²) in [6, 6.07) is 3.07. The Kier molecular flexibility index (Phi) is 4.35. The summed E-state index contributed by atoms with van der Waals surface area (Å²) in [4.78, 5) is 29.9. The van der Waals surface area contributed by atoms with Crippen molar-refractivity contribution in [1.82, 2.24) is 20.1 Å². The second-order valence-electron chi connectivity index (χ2n) is 6.46. The van der Waals surface area contributed by atoms with Crippen LogP contribution in [-0.4, -0.2) is 45.7 Å². The Morgan fingerprint density at radius 3 is 3.08 bits per heavy atom. The summed E-state index contributed by atoms with van der Waals surface area (Å²) in [5.41, 5.74) is 1.33. The number of aryl methyl sites for hydroxylation is 1. The van der Waals surface area contributed by atoms with Gasteiger partial charge < -0.3 is 14.1 Å². The minimum Gasteiger partial charge on any atom is -0.445 e. The number of H-pyrrole nitrogens is 1. The molecule has 2 aliphatic heterocycles. The molecule has 1 unspecified atom stereocenters. The molecule has 4 heterocycles. The van der Waals surface area contributed by atoms with Gasteiger partial charge in [-0.15, -0.1) is 0 Å². The van der Waals surface area contributed by atoms with E-state index >= 15 is 0 Å². The van der Waals surface area contributed by atoms with Gasteiger partial charge in [-0.2, -0.15) is 5.10 Å². The number of aromatic amines is 1. The van der Waals surface area contributed by atoms with Crippen LogP contribution in [0.3, 0.4) is 0 Å². The number of nitrogens with zero attached hydrogens (tertiary/aromatic N) is 3. The molecule has 25 heavy (non-hydrogen) atoms. The van der Waals surface area contributed by atoms with Gasteiger partial charge in [-0.3, -0.25) is 9.59 Å². The molecule has 0 saturated carbocycles. The summed E-state index contributed by atoms with van der Waals surface area (Å²) in [7, 11) is 0. The Morgan fingerprint density at radius 2 is 2.32 bits per heavy atom. The van der Waals surface area contributed by atoms with Crippen LogP contribution in [0.5, 0.6) is 0 Å². The first kappa shape index (κ1) is 16.0. The topological polar surface area (TPSA) is 101 Å². The van der Waals surface area contributed by atoms with E-state index in [1.165, 1.54) is 6.07 Å². The summed E-state index contributed by atoms with van der Waals surface area (Å²) in [5, 5.41) is 6.31. The predicted molar refractivity (Wildman–Crippen MR) is 87.0 cm³/mol. The number of fused-ring (bicyclic) bond motifs is 1. The molecule has 1 saturated heterocycles. The second kappa shape index (κ2) is 6.79. The third-order valence-electron chi connectivity index (χ3n) is 4.71. The lowest BCUT2D eigenvalue weighted by atomic mass is 10.1. The maximum absolute atomic E-state index is 12.5. The van der Waals surface area contributed by atoms with Gasteiger partial charge in [0.25, 0.3) is 5.56 Å². The minimum absolute atomic E-state index is 0.0624. The van der Waals surface area contributed by atoms with Gasteiger partial charge in [-0.05, 0) is 12.5 Å². The molecule has 132 valence electrons. The van der Waals surface area contributed by atoms with E-state index in [0.717, 1.165) is 30.4 Å². The zero-order valence-corrected chi connectivity index (χ0v) is 13.9. The van der Waals surface area contributed by atoms with Crippen LogP contribution < -0.4 is 5.56 Å². The van der Waals surface area contributed by atoms with E-state index in [9.17, 15) is 9.59 Å². The smallest absolute Gasteiger partial charge is 0.264 e. The number of ether oxygens (including phenoxy) is 1. The monoisotopic (exact) mass is 344 g/mol. The number of nitrogens with one attached hydrogen (secondary N) is 1. The minimum atomic E-state index is -0.242. The van der Waals surface area contributed by atoms with Crippen LogP contribution in [0.1, 0.15) is 41.8 Å². The van der Waals surface area contributed by atoms with E-state index in [1.807, 2.05) is 4.90 Å². The molecule has 0 aromatic carbocycles. The fourth-order valence-corrected chi connectivity index (χ4v) is 3.24. The van der Waals surface area contributed by atoms with E-state index in [0.29, 0.717) is 44.7 Å². The van der Waals surface area contributed by atoms with Crippen molar-refractivity contribution in [2.45, 2.75) is 38.1 Å². The van der Waals surface area contributed by atoms with E-state index in [4.69, 9.17) is 9.15 Å². The Morgan fingerprint density at radius 1 is 1.40 bits per heavy atom. The van der Waals surface area contributed by atoms with Crippen molar-refractivity contribution in [3.63, 3.8) is 0 Å². The SMILES string of the molecule is O=C(CCc1ccc(=O)[nH]n1)N1CCc2oc(C3CCOC3)nc2C1. The summed E-state index contributed by atoms with van der Waals surface area (Å²) >= 11 is 0. The quantitative estimate of drug-likeness (QED) is 0.879. The van der Waals surface area contributed by atoms with Gasteiger partial charge in [-0.25, -0.2) is 10.1 Å². The molecule has 0 aliphatic carbocycles. The molecule has 0 spiro atoms. The van der Waals surface area contributed by atoms with Crippen molar-refractivity contribution in [2.24, 2.45) is 0 Å². The van der Waals surface area contributed by atoms with Crippen molar-refractivity contribution in [1.29, 1.82) is 0 Å². The van der Waals surface area contributed by atoms with E-state index in [2.05, 4.69) is 15.2 Å². The number of oxazole rings is 1. The van der Waals surface area contributed by atoms with Crippen molar-refractivity contribution >= 4 is 5.91 Å². The molecular formula is C17H20N4O4. The van der Waals surface area contributed by atoms with E-state index in [-0.39, 0.29) is 17.4 Å². The van der Waals surface area contributed by atoms with Gasteiger partial charge in [0, 0.05) is 38.5 Å². The summed E-state index contributed by atoms with van der Waals surface area (Å²) < 4.78 is 11.3. The van der Waals surface area contributed by atoms with Crippen LogP contribution in [0.4, 0.5) is 0 Å². The van der Waals surface area contributed by atoms with Crippen LogP contribution in [0.15, 0.2) is 21.3 Å². The standard InChI is InChI=1S/C17H20N4O4/c22-15-3-1-12(19-20-15)2-4-16(23)21-7-5-14-13(9-21)18-17(25-14)11-6-8-24-10-11/h1,3,11H,2,4-10H2,(H,20,22). The molecule has 8 nitrogen and oxygen atoms in total. The number of rotatable bonds is 4. The highest BCUT2D eigenvalue weighted by molar-refractivity contribution is 5.76. The number of carbonyl (C=O) groups excluding carboxylic acids is 1. The predicted octanol–water partition coefficient (Wildman–Crippen LogP) is 0.779. The highest BCUT2D eigenvalue weighted by Gasteiger charge is 2.29. The first-order chi connectivity index (χ1) is 12.2. The maximum Gasteiger partial charge on any atom is 0.264 e. The second-order valence-corrected chi connectivity index (χ2v) is 6.46. The molecule has 2 aromatic heterocycles. The van der Waals surface area contributed by atoms with E-state index in [1.54, 1.807) is 6.07 Å². The third-order valence-corrected chi connectivity index (χ3v) is 4.71. The van der Waals surface area contributed by atoms with Gasteiger partial charge in [0.1, 0.15) is 11.5 Å². The van der Waals surface area contributed by atoms with E-state index < -0.39 is 0 Å². The highest BCUT2D eigenvalue weighted by atomic mass is 16.5. The highest BCUT2D eigenvalue weighted by Crippen LogP contribution is 2.29. The van der Waals surface area contributed by atoms with Crippen molar-refractivity contribution < 1.29 is 13.9 Å². The van der Waals surface area contributed by atoms with Gasteiger partial charge in [0.2, 0.25) is 5.91 Å². The fraction of sp³-hybridized carbons (Fsp3) is 0.529. The lowest BCUT2D eigenvalue weighted by Gasteiger charge is -2.25.